The fraction of sp³-hybridized carbons (Fsp3) is 0.417. The molecule has 0 unspecified atom stereocenters. The number of ether oxygens (including phenoxy) is 3. The van der Waals surface area contributed by atoms with E-state index in [-0.39, 0.29) is 5.97 Å². The summed E-state index contributed by atoms with van der Waals surface area (Å²) in [7, 11) is 1.68. The summed E-state index contributed by atoms with van der Waals surface area (Å²) in [5, 5.41) is 12.2. The molecule has 0 heterocycles. The molecule has 0 aliphatic heterocycles. The van der Waals surface area contributed by atoms with Crippen LogP contribution in [-0.2, 0) is 17.6 Å². The molecule has 0 saturated carbocycles. The predicted octanol–water partition coefficient (Wildman–Crippen LogP) is 6.18. The smallest absolute Gasteiger partial charge is 0.308 e. The second kappa shape index (κ2) is 13.9. The van der Waals surface area contributed by atoms with E-state index in [1.807, 2.05) is 18.2 Å². The molecule has 0 fully saturated rings. The molecule has 0 aliphatic rings. The van der Waals surface area contributed by atoms with Crippen LogP contribution in [0.3, 0.4) is 0 Å². The van der Waals surface area contributed by atoms with Gasteiger partial charge in [0.05, 0.1) is 18.7 Å². The van der Waals surface area contributed by atoms with Crippen molar-refractivity contribution in [3.63, 3.8) is 0 Å². The van der Waals surface area contributed by atoms with Crippen molar-refractivity contribution in [1.82, 2.24) is 0 Å². The highest BCUT2D eigenvalue weighted by Crippen LogP contribution is 2.35. The predicted molar refractivity (Wildman–Crippen MR) is 129 cm³/mol. The minimum Gasteiger partial charge on any atom is -0.496 e. The van der Waals surface area contributed by atoms with Gasteiger partial charge in [0.1, 0.15) is 17.2 Å². The van der Waals surface area contributed by atoms with Gasteiger partial charge in [0.2, 0.25) is 0 Å². The number of methoxy groups -OCH3 is 1. The van der Waals surface area contributed by atoms with Crippen LogP contribution in [0.4, 0.5) is 0 Å². The number of halogens is 1. The van der Waals surface area contributed by atoms with Gasteiger partial charge in [-0.2, -0.15) is 0 Å². The summed E-state index contributed by atoms with van der Waals surface area (Å²) in [5.74, 6) is 2.61. The number of rotatable bonds is 13. The summed E-state index contributed by atoms with van der Waals surface area (Å²) < 4.78 is 16.8. The van der Waals surface area contributed by atoms with E-state index in [4.69, 9.17) is 31.0 Å². The number of hydrogen-bond acceptors (Lipinski definition) is 7. The molecule has 0 saturated heterocycles. The minimum atomic E-state index is -0.371. The number of benzene rings is 2. The molecule has 2 aromatic rings. The van der Waals surface area contributed by atoms with Crippen LogP contribution in [0.2, 0.25) is 5.02 Å². The van der Waals surface area contributed by atoms with Gasteiger partial charge in [0, 0.05) is 35.4 Å². The van der Waals surface area contributed by atoms with E-state index < -0.39 is 0 Å². The third kappa shape index (κ3) is 7.95. The first kappa shape index (κ1) is 25.9. The number of carbonyl (C=O) groups is 1. The maximum Gasteiger partial charge on any atom is 0.308 e. The van der Waals surface area contributed by atoms with E-state index in [1.54, 1.807) is 31.0 Å². The molecular weight excluding hydrogens is 450 g/mol. The zero-order valence-electron chi connectivity index (χ0n) is 18.7. The Bertz CT molecular complexity index is 920. The average Bonchev–Trinajstić information content (AvgIpc) is 2.76. The van der Waals surface area contributed by atoms with E-state index in [0.29, 0.717) is 23.8 Å². The molecule has 0 radical (unpaired) electrons. The Morgan fingerprint density at radius 1 is 1.25 bits per heavy atom. The van der Waals surface area contributed by atoms with Crippen LogP contribution >= 0.6 is 23.4 Å². The lowest BCUT2D eigenvalue weighted by molar-refractivity contribution is -0.131. The number of thioether (sulfide) groups is 1. The van der Waals surface area contributed by atoms with Crippen LogP contribution in [0.15, 0.2) is 40.4 Å². The number of nitrogens with zero attached hydrogens (tertiary/aromatic N) is 1. The Morgan fingerprint density at radius 3 is 2.72 bits per heavy atom. The fourth-order valence-electron chi connectivity index (χ4n) is 3.26. The van der Waals surface area contributed by atoms with E-state index in [2.05, 4.69) is 12.1 Å². The van der Waals surface area contributed by atoms with Crippen molar-refractivity contribution in [2.75, 3.05) is 19.5 Å². The van der Waals surface area contributed by atoms with Crippen molar-refractivity contribution in [2.24, 2.45) is 5.16 Å². The number of hydrogen-bond donors (Lipinski definition) is 1. The number of oxime groups is 1. The zero-order valence-corrected chi connectivity index (χ0v) is 20.3. The molecule has 0 aliphatic carbocycles. The molecule has 0 spiro atoms. The molecule has 0 atom stereocenters. The van der Waals surface area contributed by atoms with Crippen LogP contribution < -0.4 is 14.2 Å². The summed E-state index contributed by atoms with van der Waals surface area (Å²) >= 11 is 7.93. The van der Waals surface area contributed by atoms with Crippen LogP contribution in [0.5, 0.6) is 17.2 Å². The van der Waals surface area contributed by atoms with Gasteiger partial charge in [0.25, 0.3) is 0 Å². The summed E-state index contributed by atoms with van der Waals surface area (Å²) in [6, 6.07) is 9.26. The highest BCUT2D eigenvalue weighted by molar-refractivity contribution is 7.99. The van der Waals surface area contributed by atoms with Crippen molar-refractivity contribution in [3.8, 4) is 17.2 Å². The van der Waals surface area contributed by atoms with Crippen molar-refractivity contribution >= 4 is 35.5 Å². The first-order chi connectivity index (χ1) is 15.5. The summed E-state index contributed by atoms with van der Waals surface area (Å²) in [6.45, 7) is 4.06. The maximum atomic E-state index is 11.0. The minimum absolute atomic E-state index is 0.371. The van der Waals surface area contributed by atoms with Gasteiger partial charge < -0.3 is 19.4 Å². The van der Waals surface area contributed by atoms with E-state index >= 15 is 0 Å². The van der Waals surface area contributed by atoms with Crippen LogP contribution in [0, 0.1) is 0 Å². The lowest BCUT2D eigenvalue weighted by Crippen LogP contribution is -2.05. The molecule has 8 heteroatoms. The molecule has 2 rings (SSSR count). The number of aryl methyl sites for hydroxylation is 1. The normalized spacial score (nSPS) is 11.0. The summed E-state index contributed by atoms with van der Waals surface area (Å²) in [4.78, 5) is 12.0. The highest BCUT2D eigenvalue weighted by Gasteiger charge is 2.15. The molecule has 1 N–H and O–H groups in total. The topological polar surface area (TPSA) is 77.4 Å². The van der Waals surface area contributed by atoms with Gasteiger partial charge in [-0.3, -0.25) is 4.79 Å². The highest BCUT2D eigenvalue weighted by atomic mass is 35.5. The molecular formula is C24H30ClNO5S. The van der Waals surface area contributed by atoms with Gasteiger partial charge in [-0.05, 0) is 49.4 Å². The van der Waals surface area contributed by atoms with Crippen molar-refractivity contribution in [2.45, 2.75) is 50.8 Å². The molecule has 2 aromatic carbocycles. The lowest BCUT2D eigenvalue weighted by Gasteiger charge is -2.18. The Balaban J connectivity index is 1.93. The monoisotopic (exact) mass is 479 g/mol. The Hall–Kier alpha value is -2.38. The van der Waals surface area contributed by atoms with Crippen LogP contribution in [-0.4, -0.2) is 36.9 Å². The average molecular weight is 480 g/mol. The third-order valence-electron chi connectivity index (χ3n) is 4.60. The van der Waals surface area contributed by atoms with Gasteiger partial charge in [-0.1, -0.05) is 31.0 Å². The second-order valence-electron chi connectivity index (χ2n) is 7.06. The van der Waals surface area contributed by atoms with Crippen molar-refractivity contribution in [1.29, 1.82) is 0 Å². The quantitative estimate of drug-likeness (QED) is 0.0702. The van der Waals surface area contributed by atoms with E-state index in [0.717, 1.165) is 59.0 Å². The van der Waals surface area contributed by atoms with Gasteiger partial charge in [0.15, 0.2) is 0 Å². The van der Waals surface area contributed by atoms with Gasteiger partial charge in [-0.15, -0.1) is 16.9 Å². The van der Waals surface area contributed by atoms with Crippen molar-refractivity contribution in [3.05, 3.63) is 46.5 Å². The first-order valence-electron chi connectivity index (χ1n) is 10.6. The molecule has 6 nitrogen and oxygen atoms in total. The lowest BCUT2D eigenvalue weighted by atomic mass is 10.0. The second-order valence-corrected chi connectivity index (χ2v) is 8.60. The Labute approximate surface area is 198 Å². The zero-order chi connectivity index (χ0) is 23.3. The largest absolute Gasteiger partial charge is 0.496 e. The van der Waals surface area contributed by atoms with E-state index in [1.165, 1.54) is 13.1 Å². The summed E-state index contributed by atoms with van der Waals surface area (Å²) in [5.41, 5.74) is 2.15. The summed E-state index contributed by atoms with van der Waals surface area (Å²) in [6.07, 6.45) is 5.54. The van der Waals surface area contributed by atoms with Gasteiger partial charge >= 0.3 is 5.97 Å². The molecule has 0 amide bonds. The molecule has 0 aromatic heterocycles. The third-order valence-corrected chi connectivity index (χ3v) is 6.18. The molecule has 32 heavy (non-hydrogen) atoms. The molecule has 0 bridgehead atoms. The number of esters is 1. The Kier molecular flexibility index (Phi) is 11.2. The Morgan fingerprint density at radius 2 is 2.06 bits per heavy atom. The fourth-order valence-corrected chi connectivity index (χ4v) is 4.44. The van der Waals surface area contributed by atoms with Crippen molar-refractivity contribution < 1.29 is 24.2 Å². The first-order valence-corrected chi connectivity index (χ1v) is 11.9. The van der Waals surface area contributed by atoms with Gasteiger partial charge in [-0.25, -0.2) is 0 Å². The molecule has 174 valence electrons. The van der Waals surface area contributed by atoms with E-state index in [9.17, 15) is 4.79 Å². The van der Waals surface area contributed by atoms with Crippen LogP contribution in [0.25, 0.3) is 0 Å². The number of carbonyl (C=O) groups excluding carboxylic acids is 1. The SMILES string of the molecule is CCCc1c(OCCCSc2ccc(OC(C)=O)cc2Cl)ccc(CCC=NO)c1OC. The standard InChI is InChI=1S/C24H30ClNO5S/c1-4-7-20-22(11-9-18(24(20)29-3)8-5-13-26-28)30-14-6-15-32-23-12-10-19(16-21(23)25)31-17(2)27/h9-13,16,28H,4-8,14-15H2,1-3H3. The van der Waals surface area contributed by atoms with Crippen LogP contribution in [0.1, 0.15) is 44.2 Å². The maximum absolute atomic E-state index is 11.0.